The third-order valence-electron chi connectivity index (χ3n) is 7.58. The van der Waals surface area contributed by atoms with Crippen molar-refractivity contribution in [1.82, 2.24) is 34.3 Å². The van der Waals surface area contributed by atoms with E-state index in [2.05, 4.69) is 29.6 Å². The number of amides is 1. The van der Waals surface area contributed by atoms with Gasteiger partial charge < -0.3 is 23.9 Å². The molecule has 1 aliphatic heterocycles. The van der Waals surface area contributed by atoms with Crippen molar-refractivity contribution in [3.63, 3.8) is 0 Å². The quantitative estimate of drug-likeness (QED) is 0.320. The van der Waals surface area contributed by atoms with Gasteiger partial charge in [0.2, 0.25) is 5.88 Å². The smallest absolute Gasteiger partial charge is 0.406 e. The summed E-state index contributed by atoms with van der Waals surface area (Å²) >= 11 is 0. The minimum Gasteiger partial charge on any atom is -0.406 e. The average molecular weight is 568 g/mol. The summed E-state index contributed by atoms with van der Waals surface area (Å²) in [4.78, 5) is 33.5. The molecule has 6 rings (SSSR count). The van der Waals surface area contributed by atoms with E-state index in [-0.39, 0.29) is 30.1 Å². The number of fused-ring (bicyclic) bond motifs is 1. The van der Waals surface area contributed by atoms with E-state index in [0.717, 1.165) is 18.8 Å². The Labute approximate surface area is 233 Å². The summed E-state index contributed by atoms with van der Waals surface area (Å²) < 4.78 is 49.6. The number of H-pyrrole nitrogens is 1. The first-order chi connectivity index (χ1) is 19.7. The lowest BCUT2D eigenvalue weighted by Gasteiger charge is -2.29. The molecule has 1 aliphatic carbocycles. The number of aromatic nitrogens is 5. The summed E-state index contributed by atoms with van der Waals surface area (Å²) in [5, 5.41) is 0. The van der Waals surface area contributed by atoms with Crippen LogP contribution >= 0.6 is 0 Å². The highest BCUT2D eigenvalue weighted by Crippen LogP contribution is 2.54. The standard InChI is InChI=1S/C28H28F3N7O3/c1-36-16-24(35-17-36)40-27(39)38(12-18-5-2-6-19(11-18)41-28(29,30)31)15-22-20-13-37(14-21(20)22)25(23-7-3-8-32-23)26-33-9-4-10-34-26/h2-11,16-17,20-22,25,32H,12-15H2,1H3. The highest BCUT2D eigenvalue weighted by atomic mass is 19.4. The lowest BCUT2D eigenvalue weighted by Crippen LogP contribution is -2.37. The Kier molecular flexibility index (Phi) is 7.12. The van der Waals surface area contributed by atoms with Crippen LogP contribution in [0, 0.1) is 17.8 Å². The van der Waals surface area contributed by atoms with E-state index in [0.29, 0.717) is 29.8 Å². The van der Waals surface area contributed by atoms with Crippen LogP contribution in [0.2, 0.25) is 0 Å². The van der Waals surface area contributed by atoms with Gasteiger partial charge in [-0.2, -0.15) is 0 Å². The van der Waals surface area contributed by atoms with Crippen molar-refractivity contribution in [3.05, 3.63) is 90.7 Å². The topological polar surface area (TPSA) is 101 Å². The predicted octanol–water partition coefficient (Wildman–Crippen LogP) is 4.41. The molecular formula is C28H28F3N7O3. The molecule has 1 N–H and O–H groups in total. The number of rotatable bonds is 9. The van der Waals surface area contributed by atoms with Gasteiger partial charge in [-0.25, -0.2) is 19.7 Å². The number of aryl methyl sites for hydroxylation is 1. The van der Waals surface area contributed by atoms with Gasteiger partial charge in [-0.3, -0.25) is 4.90 Å². The molecular weight excluding hydrogens is 539 g/mol. The van der Waals surface area contributed by atoms with Crippen LogP contribution in [-0.2, 0) is 13.6 Å². The fourth-order valence-corrected chi connectivity index (χ4v) is 5.74. The molecule has 1 aromatic carbocycles. The molecule has 13 heteroatoms. The molecule has 2 fully saturated rings. The fraction of sp³-hybridized carbons (Fsp3) is 0.357. The summed E-state index contributed by atoms with van der Waals surface area (Å²) in [6.07, 6.45) is 3.01. The Morgan fingerprint density at radius 1 is 1.12 bits per heavy atom. The molecule has 0 bridgehead atoms. The van der Waals surface area contributed by atoms with Crippen molar-refractivity contribution in [1.29, 1.82) is 0 Å². The lowest BCUT2D eigenvalue weighted by molar-refractivity contribution is -0.274. The Bertz CT molecular complexity index is 1470. The molecule has 0 radical (unpaired) electrons. The highest BCUT2D eigenvalue weighted by Gasteiger charge is 2.57. The van der Waals surface area contributed by atoms with Crippen molar-refractivity contribution in [2.45, 2.75) is 18.9 Å². The third kappa shape index (κ3) is 6.19. The average Bonchev–Trinajstić information content (AvgIpc) is 3.43. The van der Waals surface area contributed by atoms with Crippen LogP contribution in [0.3, 0.4) is 0 Å². The van der Waals surface area contributed by atoms with E-state index < -0.39 is 12.5 Å². The van der Waals surface area contributed by atoms with E-state index in [1.165, 1.54) is 29.4 Å². The zero-order chi connectivity index (χ0) is 28.6. The normalized spacial score (nSPS) is 20.8. The number of halogens is 3. The lowest BCUT2D eigenvalue weighted by atomic mass is 10.1. The van der Waals surface area contributed by atoms with Gasteiger partial charge in [-0.15, -0.1) is 13.2 Å². The van der Waals surface area contributed by atoms with Gasteiger partial charge in [-0.05, 0) is 53.6 Å². The number of carbonyl (C=O) groups excluding carboxylic acids is 1. The number of nitrogens with zero attached hydrogens (tertiary/aromatic N) is 6. The molecule has 4 heterocycles. The molecule has 3 aromatic heterocycles. The van der Waals surface area contributed by atoms with Gasteiger partial charge in [0.25, 0.3) is 0 Å². The number of hydrogen-bond donors (Lipinski definition) is 1. The number of likely N-dealkylation sites (tertiary alicyclic amines) is 1. The van der Waals surface area contributed by atoms with Crippen molar-refractivity contribution in [3.8, 4) is 11.6 Å². The minimum atomic E-state index is -4.81. The molecule has 4 aromatic rings. The number of imidazole rings is 1. The Hall–Kier alpha value is -4.39. The molecule has 0 spiro atoms. The van der Waals surface area contributed by atoms with Crippen LogP contribution < -0.4 is 9.47 Å². The molecule has 41 heavy (non-hydrogen) atoms. The van der Waals surface area contributed by atoms with Crippen molar-refractivity contribution in [2.24, 2.45) is 24.8 Å². The third-order valence-corrected chi connectivity index (χ3v) is 7.58. The highest BCUT2D eigenvalue weighted by molar-refractivity contribution is 5.70. The first-order valence-electron chi connectivity index (χ1n) is 13.2. The summed E-state index contributed by atoms with van der Waals surface area (Å²) in [6.45, 7) is 2.06. The molecule has 3 unspecified atom stereocenters. The Morgan fingerprint density at radius 2 is 1.90 bits per heavy atom. The van der Waals surface area contributed by atoms with Crippen LogP contribution in [-0.4, -0.2) is 66.4 Å². The molecule has 10 nitrogen and oxygen atoms in total. The van der Waals surface area contributed by atoms with Gasteiger partial charge in [0.1, 0.15) is 11.8 Å². The number of alkyl halides is 3. The zero-order valence-corrected chi connectivity index (χ0v) is 22.1. The Morgan fingerprint density at radius 3 is 2.56 bits per heavy atom. The predicted molar refractivity (Wildman–Crippen MR) is 139 cm³/mol. The first-order valence-corrected chi connectivity index (χ1v) is 13.2. The number of benzene rings is 1. The van der Waals surface area contributed by atoms with E-state index >= 15 is 0 Å². The molecule has 3 atom stereocenters. The van der Waals surface area contributed by atoms with Crippen LogP contribution in [0.4, 0.5) is 18.0 Å². The minimum absolute atomic E-state index is 0.0589. The van der Waals surface area contributed by atoms with Crippen LogP contribution in [0.1, 0.15) is 23.1 Å². The monoisotopic (exact) mass is 567 g/mol. The maximum absolute atomic E-state index is 13.2. The second-order valence-corrected chi connectivity index (χ2v) is 10.4. The van der Waals surface area contributed by atoms with E-state index in [1.54, 1.807) is 42.3 Å². The van der Waals surface area contributed by atoms with E-state index in [9.17, 15) is 18.0 Å². The maximum atomic E-state index is 13.2. The van der Waals surface area contributed by atoms with Gasteiger partial charge >= 0.3 is 12.5 Å². The number of hydrogen-bond acceptors (Lipinski definition) is 7. The molecule has 1 saturated heterocycles. The number of carbonyl (C=O) groups is 1. The zero-order valence-electron chi connectivity index (χ0n) is 22.1. The SMILES string of the molecule is Cn1cnc(OC(=O)N(Cc2cccc(OC(F)(F)F)c2)CC2C3CN(C(c4ncccn4)c4ccc[nH]4)CC23)c1. The fourth-order valence-electron chi connectivity index (χ4n) is 5.74. The van der Waals surface area contributed by atoms with E-state index in [4.69, 9.17) is 4.74 Å². The number of aromatic amines is 1. The van der Waals surface area contributed by atoms with Crippen molar-refractivity contribution >= 4 is 6.09 Å². The van der Waals surface area contributed by atoms with Gasteiger partial charge in [0.05, 0.1) is 12.5 Å². The summed E-state index contributed by atoms with van der Waals surface area (Å²) in [5.74, 6) is 1.44. The van der Waals surface area contributed by atoms with Gasteiger partial charge in [0.15, 0.2) is 5.82 Å². The summed E-state index contributed by atoms with van der Waals surface area (Å²) in [6, 6.07) is 11.3. The largest absolute Gasteiger partial charge is 0.573 e. The number of piperidine rings is 1. The maximum Gasteiger partial charge on any atom is 0.573 e. The van der Waals surface area contributed by atoms with E-state index in [1.807, 2.05) is 18.3 Å². The molecule has 1 amide bonds. The molecule has 2 aliphatic rings. The number of nitrogens with one attached hydrogen (secondary N) is 1. The van der Waals surface area contributed by atoms with Crippen LogP contribution in [0.25, 0.3) is 0 Å². The number of ether oxygens (including phenoxy) is 2. The molecule has 214 valence electrons. The van der Waals surface area contributed by atoms with Crippen LogP contribution in [0.15, 0.2) is 73.6 Å². The Balaban J connectivity index is 1.16. The van der Waals surface area contributed by atoms with Crippen molar-refractivity contribution < 1.29 is 27.4 Å². The second kappa shape index (κ2) is 10.9. The second-order valence-electron chi connectivity index (χ2n) is 10.4. The summed E-state index contributed by atoms with van der Waals surface area (Å²) in [7, 11) is 1.76. The van der Waals surface area contributed by atoms with Crippen LogP contribution in [0.5, 0.6) is 11.6 Å². The van der Waals surface area contributed by atoms with Gasteiger partial charge in [0, 0.05) is 57.5 Å². The summed E-state index contributed by atoms with van der Waals surface area (Å²) in [5.41, 5.74) is 1.50. The van der Waals surface area contributed by atoms with Crippen molar-refractivity contribution in [2.75, 3.05) is 19.6 Å². The first kappa shape index (κ1) is 26.8. The molecule has 1 saturated carbocycles. The van der Waals surface area contributed by atoms with Gasteiger partial charge in [-0.1, -0.05) is 12.1 Å².